The van der Waals surface area contributed by atoms with Crippen molar-refractivity contribution in [1.29, 1.82) is 0 Å². The minimum absolute atomic E-state index is 0.115. The van der Waals surface area contributed by atoms with E-state index in [4.69, 9.17) is 9.47 Å². The number of hydrogen-bond donors (Lipinski definition) is 5. The van der Waals surface area contributed by atoms with Crippen LogP contribution in [0.5, 0.6) is 11.5 Å². The van der Waals surface area contributed by atoms with Crippen LogP contribution in [0.3, 0.4) is 0 Å². The van der Waals surface area contributed by atoms with E-state index in [0.29, 0.717) is 69.2 Å². The maximum Gasteiger partial charge on any atom is 0.296 e. The molecule has 2 aromatic heterocycles. The van der Waals surface area contributed by atoms with Gasteiger partial charge in [-0.1, -0.05) is 18.2 Å². The standard InChI is InChI=1S/C20H22FN3O6S.C19H21FN4O4/c1-31(28,29)14-10-13(21)5-4-12(14)11-22-17(26)15-16(25)18(27)24-8-9-30-20(19(24)23-15)6-2-3-7-20;20-13-3-1-12(2-4-13)11-22-16(26)14-15(25)17(27)24-9-10-28-19(18(24)23-14)5-7-21-8-6-19/h4-5,10,25H,2-3,6-9,11H2,1H3,(H,22,26);1-4,21,25H,5-11H2,(H,22,26). The number of aromatic hydroxyl groups is 2. The summed E-state index contributed by atoms with van der Waals surface area (Å²) >= 11 is 0. The fraction of sp³-hybridized carbons (Fsp3) is 0.436. The second-order valence-corrected chi connectivity index (χ2v) is 16.8. The van der Waals surface area contributed by atoms with Gasteiger partial charge in [0, 0.05) is 19.3 Å². The van der Waals surface area contributed by atoms with Crippen molar-refractivity contribution in [3.63, 3.8) is 0 Å². The number of piperidine rings is 1. The normalized spacial score (nSPS) is 17.7. The number of rotatable bonds is 7. The zero-order valence-corrected chi connectivity index (χ0v) is 32.9. The molecule has 17 nitrogen and oxygen atoms in total. The van der Waals surface area contributed by atoms with E-state index in [1.807, 2.05) is 0 Å². The molecule has 2 spiro atoms. The van der Waals surface area contributed by atoms with E-state index in [1.54, 1.807) is 12.1 Å². The number of hydrogen-bond acceptors (Lipinski definition) is 13. The van der Waals surface area contributed by atoms with Gasteiger partial charge in [0.1, 0.15) is 34.5 Å². The Bertz CT molecular complexity index is 2520. The van der Waals surface area contributed by atoms with Crippen LogP contribution in [-0.2, 0) is 56.7 Å². The van der Waals surface area contributed by atoms with Crippen LogP contribution in [-0.4, -0.2) is 82.1 Å². The predicted octanol–water partition coefficient (Wildman–Crippen LogP) is 1.85. The summed E-state index contributed by atoms with van der Waals surface area (Å²) in [6, 6.07) is 8.88. The highest BCUT2D eigenvalue weighted by Crippen LogP contribution is 2.43. The largest absolute Gasteiger partial charge is 0.501 e. The first-order valence-electron chi connectivity index (χ1n) is 19.1. The third-order valence-electron chi connectivity index (χ3n) is 11.0. The number of halogens is 2. The molecule has 1 saturated carbocycles. The number of amides is 2. The molecule has 20 heteroatoms. The van der Waals surface area contributed by atoms with E-state index in [9.17, 15) is 46.6 Å². The number of carbonyl (C=O) groups excluding carboxylic acids is 2. The van der Waals surface area contributed by atoms with Crippen LogP contribution in [0.25, 0.3) is 0 Å². The Hall–Kier alpha value is -5.57. The van der Waals surface area contributed by atoms with Gasteiger partial charge in [0.05, 0.1) is 31.2 Å². The van der Waals surface area contributed by atoms with E-state index in [1.165, 1.54) is 27.3 Å². The number of sulfone groups is 1. The number of ether oxygens (including phenoxy) is 2. The lowest BCUT2D eigenvalue weighted by Gasteiger charge is -2.41. The van der Waals surface area contributed by atoms with Gasteiger partial charge < -0.3 is 35.6 Å². The molecule has 5 heterocycles. The maximum absolute atomic E-state index is 13.5. The minimum atomic E-state index is -3.74. The summed E-state index contributed by atoms with van der Waals surface area (Å²) in [5.41, 5.74) is -2.76. The van der Waals surface area contributed by atoms with Gasteiger partial charge in [-0.2, -0.15) is 0 Å². The van der Waals surface area contributed by atoms with Crippen molar-refractivity contribution in [3.05, 3.63) is 109 Å². The molecule has 1 aliphatic carbocycles. The Balaban J connectivity index is 0.000000180. The van der Waals surface area contributed by atoms with Crippen molar-refractivity contribution in [2.24, 2.45) is 0 Å². The van der Waals surface area contributed by atoms with Crippen LogP contribution >= 0.6 is 0 Å². The Labute approximate surface area is 336 Å². The minimum Gasteiger partial charge on any atom is -0.501 e. The highest BCUT2D eigenvalue weighted by molar-refractivity contribution is 7.90. The molecule has 314 valence electrons. The quantitative estimate of drug-likeness (QED) is 0.179. The van der Waals surface area contributed by atoms with Crippen LogP contribution < -0.4 is 27.1 Å². The van der Waals surface area contributed by atoms with Crippen LogP contribution in [0.4, 0.5) is 8.78 Å². The van der Waals surface area contributed by atoms with Crippen LogP contribution in [0.2, 0.25) is 0 Å². The lowest BCUT2D eigenvalue weighted by atomic mass is 9.89. The van der Waals surface area contributed by atoms with Gasteiger partial charge >= 0.3 is 0 Å². The topological polar surface area (TPSA) is 233 Å². The molecule has 0 radical (unpaired) electrons. The zero-order valence-electron chi connectivity index (χ0n) is 32.1. The molecule has 3 aliphatic heterocycles. The van der Waals surface area contributed by atoms with Gasteiger partial charge in [0.15, 0.2) is 21.2 Å². The average Bonchev–Trinajstić information content (AvgIpc) is 3.69. The molecular weight excluding hydrogens is 797 g/mol. The van der Waals surface area contributed by atoms with E-state index >= 15 is 0 Å². The lowest BCUT2D eigenvalue weighted by Crippen LogP contribution is -2.50. The molecule has 2 amide bonds. The third kappa shape index (κ3) is 8.34. The second kappa shape index (κ2) is 16.6. The number of fused-ring (bicyclic) bond motifs is 4. The summed E-state index contributed by atoms with van der Waals surface area (Å²) in [6.45, 7) is 2.45. The Morgan fingerprint density at radius 1 is 0.780 bits per heavy atom. The first kappa shape index (κ1) is 41.6. The first-order chi connectivity index (χ1) is 28.1. The van der Waals surface area contributed by atoms with Crippen LogP contribution in [0.15, 0.2) is 56.9 Å². The monoisotopic (exact) mass is 839 g/mol. The van der Waals surface area contributed by atoms with E-state index in [0.717, 1.165) is 31.2 Å². The van der Waals surface area contributed by atoms with Crippen LogP contribution in [0, 0.1) is 11.6 Å². The molecule has 4 aliphatic rings. The van der Waals surface area contributed by atoms with E-state index in [2.05, 4.69) is 25.9 Å². The molecule has 4 aromatic rings. The Kier molecular flexibility index (Phi) is 11.7. The Morgan fingerprint density at radius 2 is 1.27 bits per heavy atom. The average molecular weight is 840 g/mol. The van der Waals surface area contributed by atoms with Gasteiger partial charge in [-0.15, -0.1) is 0 Å². The van der Waals surface area contributed by atoms with Crippen molar-refractivity contribution in [1.82, 2.24) is 35.1 Å². The van der Waals surface area contributed by atoms with Gasteiger partial charge in [-0.25, -0.2) is 27.2 Å². The Morgan fingerprint density at radius 3 is 1.80 bits per heavy atom. The van der Waals surface area contributed by atoms with Crippen LogP contribution in [0.1, 0.15) is 82.3 Å². The number of nitrogens with one attached hydrogen (secondary N) is 3. The molecule has 0 atom stereocenters. The fourth-order valence-corrected chi connectivity index (χ4v) is 8.91. The summed E-state index contributed by atoms with van der Waals surface area (Å²) in [7, 11) is -3.74. The fourth-order valence-electron chi connectivity index (χ4n) is 7.97. The van der Waals surface area contributed by atoms with Gasteiger partial charge in [0.25, 0.3) is 22.9 Å². The molecular formula is C39H43F2N7O10S. The highest BCUT2D eigenvalue weighted by Gasteiger charge is 2.45. The van der Waals surface area contributed by atoms with Gasteiger partial charge in [-0.3, -0.25) is 28.3 Å². The third-order valence-corrected chi connectivity index (χ3v) is 12.2. The summed E-state index contributed by atoms with van der Waals surface area (Å²) in [6.07, 6.45) is 5.32. The molecule has 0 unspecified atom stereocenters. The lowest BCUT2D eigenvalue weighted by molar-refractivity contribution is -0.102. The predicted molar refractivity (Wildman–Crippen MR) is 204 cm³/mol. The smallest absolute Gasteiger partial charge is 0.296 e. The number of benzene rings is 2. The molecule has 1 saturated heterocycles. The SMILES string of the molecule is CS(=O)(=O)c1cc(F)ccc1CNC(=O)c1nc2n(c(=O)c1O)CCOC21CCCC1.O=C(NCc1ccc(F)cc1)c1nc2n(c(=O)c1O)CCOC21CCNCC1. The van der Waals surface area contributed by atoms with Crippen molar-refractivity contribution >= 4 is 21.7 Å². The molecule has 2 aromatic carbocycles. The molecule has 0 bridgehead atoms. The summed E-state index contributed by atoms with van der Waals surface area (Å²) < 4.78 is 65.0. The zero-order chi connectivity index (χ0) is 42.1. The number of aromatic nitrogens is 4. The molecule has 2 fully saturated rings. The van der Waals surface area contributed by atoms with Crippen molar-refractivity contribution in [3.8, 4) is 11.5 Å². The van der Waals surface area contributed by atoms with Crippen molar-refractivity contribution in [2.75, 3.05) is 32.6 Å². The first-order valence-corrected chi connectivity index (χ1v) is 21.0. The van der Waals surface area contributed by atoms with Gasteiger partial charge in [0.2, 0.25) is 11.5 Å². The summed E-state index contributed by atoms with van der Waals surface area (Å²) in [5, 5.41) is 28.9. The molecule has 8 rings (SSSR count). The molecule has 5 N–H and O–H groups in total. The van der Waals surface area contributed by atoms with E-state index in [-0.39, 0.29) is 48.1 Å². The highest BCUT2D eigenvalue weighted by atomic mass is 32.2. The summed E-state index contributed by atoms with van der Waals surface area (Å²) in [4.78, 5) is 59.1. The van der Waals surface area contributed by atoms with Crippen molar-refractivity contribution < 1.29 is 46.5 Å². The number of carbonyl (C=O) groups is 2. The van der Waals surface area contributed by atoms with Crippen molar-refractivity contribution in [2.45, 2.75) is 80.8 Å². The van der Waals surface area contributed by atoms with E-state index < -0.39 is 67.0 Å². The molecule has 59 heavy (non-hydrogen) atoms. The second-order valence-electron chi connectivity index (χ2n) is 14.8. The van der Waals surface area contributed by atoms with Gasteiger partial charge in [-0.05, 0) is 87.0 Å². The number of nitrogens with zero attached hydrogens (tertiary/aromatic N) is 4. The maximum atomic E-state index is 13.5. The summed E-state index contributed by atoms with van der Waals surface area (Å²) in [5.74, 6) is -3.36.